The monoisotopic (exact) mass is 381 g/mol. The fraction of sp³-hybridized carbons (Fsp3) is 0.286. The third-order valence-electron chi connectivity index (χ3n) is 2.86. The molecule has 0 saturated heterocycles. The standard InChI is InChI=1S/C14H14F3NO4S2/c1-21-6-7-22-12-5-4-10(14(15,16)17)9-11(12)18-24(19,20)13-3-2-8-23-13/h2-5,8-9,18H,6-7H2,1H3. The van der Waals surface area contributed by atoms with Crippen LogP contribution in [-0.2, 0) is 20.9 Å². The zero-order valence-electron chi connectivity index (χ0n) is 12.5. The average molecular weight is 381 g/mol. The van der Waals surface area contributed by atoms with E-state index in [0.717, 1.165) is 23.5 Å². The van der Waals surface area contributed by atoms with Gasteiger partial charge < -0.3 is 9.47 Å². The smallest absolute Gasteiger partial charge is 0.416 e. The maximum atomic E-state index is 12.9. The summed E-state index contributed by atoms with van der Waals surface area (Å²) in [6, 6.07) is 5.48. The third kappa shape index (κ3) is 4.62. The first-order valence-electron chi connectivity index (χ1n) is 6.63. The molecule has 0 saturated carbocycles. The Kier molecular flexibility index (Phi) is 5.73. The van der Waals surface area contributed by atoms with Gasteiger partial charge in [0.25, 0.3) is 10.0 Å². The number of hydrogen-bond acceptors (Lipinski definition) is 5. The number of anilines is 1. The lowest BCUT2D eigenvalue weighted by molar-refractivity contribution is -0.137. The minimum atomic E-state index is -4.60. The van der Waals surface area contributed by atoms with Crippen molar-refractivity contribution in [1.29, 1.82) is 0 Å². The number of ether oxygens (including phenoxy) is 2. The van der Waals surface area contributed by atoms with Crippen molar-refractivity contribution in [2.75, 3.05) is 25.0 Å². The van der Waals surface area contributed by atoms with Crippen LogP contribution < -0.4 is 9.46 Å². The van der Waals surface area contributed by atoms with Crippen LogP contribution >= 0.6 is 11.3 Å². The van der Waals surface area contributed by atoms with Gasteiger partial charge in [-0.1, -0.05) is 6.07 Å². The molecule has 0 fully saturated rings. The first-order chi connectivity index (χ1) is 11.2. The molecule has 2 aromatic rings. The normalized spacial score (nSPS) is 12.2. The molecule has 2 rings (SSSR count). The van der Waals surface area contributed by atoms with E-state index in [1.807, 2.05) is 0 Å². The van der Waals surface area contributed by atoms with E-state index < -0.39 is 21.8 Å². The van der Waals surface area contributed by atoms with Crippen molar-refractivity contribution in [1.82, 2.24) is 0 Å². The fourth-order valence-corrected chi connectivity index (χ4v) is 3.81. The van der Waals surface area contributed by atoms with E-state index in [-0.39, 0.29) is 28.9 Å². The van der Waals surface area contributed by atoms with Crippen LogP contribution in [0.4, 0.5) is 18.9 Å². The first-order valence-corrected chi connectivity index (χ1v) is 8.99. The van der Waals surface area contributed by atoms with Crippen LogP contribution in [0.25, 0.3) is 0 Å². The average Bonchev–Trinajstić information content (AvgIpc) is 3.02. The van der Waals surface area contributed by atoms with E-state index in [4.69, 9.17) is 9.47 Å². The first kappa shape index (κ1) is 18.6. The Morgan fingerprint density at radius 3 is 2.54 bits per heavy atom. The van der Waals surface area contributed by atoms with Crippen LogP contribution in [0.3, 0.4) is 0 Å². The lowest BCUT2D eigenvalue weighted by atomic mass is 10.2. The molecule has 0 aliphatic carbocycles. The van der Waals surface area contributed by atoms with Crippen molar-refractivity contribution in [3.05, 3.63) is 41.3 Å². The predicted octanol–water partition coefficient (Wildman–Crippen LogP) is 3.59. The number of methoxy groups -OCH3 is 1. The van der Waals surface area contributed by atoms with Gasteiger partial charge in [0.15, 0.2) is 0 Å². The third-order valence-corrected chi connectivity index (χ3v) is 5.62. The maximum absolute atomic E-state index is 12.9. The molecule has 132 valence electrons. The second kappa shape index (κ2) is 7.41. The fourth-order valence-electron chi connectivity index (χ4n) is 1.76. The molecule has 5 nitrogen and oxygen atoms in total. The zero-order valence-corrected chi connectivity index (χ0v) is 14.1. The van der Waals surface area contributed by atoms with Crippen molar-refractivity contribution >= 4 is 27.0 Å². The van der Waals surface area contributed by atoms with Gasteiger partial charge >= 0.3 is 6.18 Å². The van der Waals surface area contributed by atoms with Crippen LogP contribution in [-0.4, -0.2) is 28.7 Å². The second-order valence-electron chi connectivity index (χ2n) is 4.59. The highest BCUT2D eigenvalue weighted by molar-refractivity contribution is 7.94. The van der Waals surface area contributed by atoms with Crippen molar-refractivity contribution in [3.8, 4) is 5.75 Å². The number of hydrogen-bond donors (Lipinski definition) is 1. The Hall–Kier alpha value is -1.78. The predicted molar refractivity (Wildman–Crippen MR) is 83.9 cm³/mol. The molecular weight excluding hydrogens is 367 g/mol. The van der Waals surface area contributed by atoms with Gasteiger partial charge in [0.1, 0.15) is 16.6 Å². The van der Waals surface area contributed by atoms with Gasteiger partial charge in [0.05, 0.1) is 17.9 Å². The van der Waals surface area contributed by atoms with Gasteiger partial charge in [0.2, 0.25) is 0 Å². The zero-order chi connectivity index (χ0) is 17.8. The second-order valence-corrected chi connectivity index (χ2v) is 7.44. The van der Waals surface area contributed by atoms with E-state index in [1.165, 1.54) is 19.2 Å². The number of rotatable bonds is 7. The van der Waals surface area contributed by atoms with Crippen LogP contribution in [0.1, 0.15) is 5.56 Å². The summed E-state index contributed by atoms with van der Waals surface area (Å²) in [5.74, 6) is -0.0137. The van der Waals surface area contributed by atoms with Gasteiger partial charge in [-0.05, 0) is 29.6 Å². The Bertz CT molecular complexity index is 774. The minimum absolute atomic E-state index is 0.0113. The Balaban J connectivity index is 2.36. The lowest BCUT2D eigenvalue weighted by Crippen LogP contribution is -2.15. The largest absolute Gasteiger partial charge is 0.489 e. The van der Waals surface area contributed by atoms with Gasteiger partial charge in [-0.3, -0.25) is 4.72 Å². The highest BCUT2D eigenvalue weighted by atomic mass is 32.2. The molecule has 0 radical (unpaired) electrons. The lowest BCUT2D eigenvalue weighted by Gasteiger charge is -2.15. The van der Waals surface area contributed by atoms with Gasteiger partial charge in [0, 0.05) is 7.11 Å². The number of thiophene rings is 1. The Labute approximate surface area is 141 Å². The van der Waals surface area contributed by atoms with Crippen LogP contribution in [0.5, 0.6) is 5.75 Å². The highest BCUT2D eigenvalue weighted by Gasteiger charge is 2.32. The molecule has 0 atom stereocenters. The summed E-state index contributed by atoms with van der Waals surface area (Å²) in [5.41, 5.74) is -1.26. The van der Waals surface area contributed by atoms with Crippen molar-refractivity contribution in [3.63, 3.8) is 0 Å². The number of nitrogens with one attached hydrogen (secondary N) is 1. The van der Waals surface area contributed by atoms with Gasteiger partial charge in [-0.2, -0.15) is 13.2 Å². The van der Waals surface area contributed by atoms with Gasteiger partial charge in [-0.25, -0.2) is 8.42 Å². The van der Waals surface area contributed by atoms with Crippen LogP contribution in [0, 0.1) is 0 Å². The minimum Gasteiger partial charge on any atom is -0.489 e. The molecular formula is C14H14F3NO4S2. The molecule has 1 aromatic carbocycles. The maximum Gasteiger partial charge on any atom is 0.416 e. The number of benzene rings is 1. The molecule has 1 heterocycles. The Morgan fingerprint density at radius 2 is 1.96 bits per heavy atom. The van der Waals surface area contributed by atoms with Crippen molar-refractivity contribution < 1.29 is 31.1 Å². The van der Waals surface area contributed by atoms with Crippen molar-refractivity contribution in [2.24, 2.45) is 0 Å². The summed E-state index contributed by atoms with van der Waals surface area (Å²) >= 11 is 0.953. The highest BCUT2D eigenvalue weighted by Crippen LogP contribution is 2.36. The SMILES string of the molecule is COCCOc1ccc(C(F)(F)F)cc1NS(=O)(=O)c1cccs1. The summed E-state index contributed by atoms with van der Waals surface area (Å²) in [6.07, 6.45) is -4.60. The van der Waals surface area contributed by atoms with E-state index in [9.17, 15) is 21.6 Å². The summed E-state index contributed by atoms with van der Waals surface area (Å²) in [4.78, 5) is 0. The number of halogens is 3. The van der Waals surface area contributed by atoms with Crippen LogP contribution in [0.2, 0.25) is 0 Å². The van der Waals surface area contributed by atoms with E-state index in [1.54, 1.807) is 5.38 Å². The molecule has 0 amide bonds. The molecule has 1 aromatic heterocycles. The van der Waals surface area contributed by atoms with E-state index in [2.05, 4.69) is 4.72 Å². The van der Waals surface area contributed by atoms with Crippen molar-refractivity contribution in [2.45, 2.75) is 10.4 Å². The van der Waals surface area contributed by atoms with E-state index >= 15 is 0 Å². The molecule has 1 N–H and O–H groups in total. The van der Waals surface area contributed by atoms with Gasteiger partial charge in [-0.15, -0.1) is 11.3 Å². The molecule has 0 aliphatic heterocycles. The summed E-state index contributed by atoms with van der Waals surface area (Å²) in [5, 5.41) is 1.55. The molecule has 24 heavy (non-hydrogen) atoms. The molecule has 0 spiro atoms. The van der Waals surface area contributed by atoms with Crippen LogP contribution in [0.15, 0.2) is 39.9 Å². The topological polar surface area (TPSA) is 64.6 Å². The molecule has 0 aliphatic rings. The molecule has 0 bridgehead atoms. The Morgan fingerprint density at radius 1 is 1.21 bits per heavy atom. The molecule has 10 heteroatoms. The summed E-state index contributed by atoms with van der Waals surface area (Å²) in [7, 11) is -2.55. The quantitative estimate of drug-likeness (QED) is 0.745. The van der Waals surface area contributed by atoms with E-state index in [0.29, 0.717) is 6.07 Å². The molecule has 0 unspecified atom stereocenters. The summed E-state index contributed by atoms with van der Waals surface area (Å²) in [6.45, 7) is 0.272. The summed E-state index contributed by atoms with van der Waals surface area (Å²) < 4.78 is 75.3. The number of sulfonamides is 1. The number of alkyl halides is 3.